The number of hydrogen-bond acceptors (Lipinski definition) is 6. The van der Waals surface area contributed by atoms with Gasteiger partial charge < -0.3 is 20.3 Å². The maximum atomic E-state index is 12.7. The first kappa shape index (κ1) is 25.6. The highest BCUT2D eigenvalue weighted by molar-refractivity contribution is 14.0. The summed E-state index contributed by atoms with van der Waals surface area (Å²) < 4.78 is 43.4. The summed E-state index contributed by atoms with van der Waals surface area (Å²) in [5.74, 6) is 1.50. The van der Waals surface area contributed by atoms with E-state index in [1.54, 1.807) is 6.20 Å². The Balaban J connectivity index is 0.00000341. The van der Waals surface area contributed by atoms with Gasteiger partial charge in [-0.25, -0.2) is 15.0 Å². The molecular formula is C19H26F3IN6OS. The second kappa shape index (κ2) is 12.4. The molecule has 0 unspecified atom stereocenters. The SMILES string of the molecule is CCNC(=NCc1cccnc1N1CCOCC1)NCCc1nc(C(F)(F)F)cs1.I. The van der Waals surface area contributed by atoms with Gasteiger partial charge in [0.15, 0.2) is 11.7 Å². The molecule has 0 radical (unpaired) electrons. The number of thiazole rings is 1. The van der Waals surface area contributed by atoms with Crippen LogP contribution in [0.25, 0.3) is 0 Å². The predicted molar refractivity (Wildman–Crippen MR) is 126 cm³/mol. The van der Waals surface area contributed by atoms with Crippen LogP contribution in [0.5, 0.6) is 0 Å². The lowest BCUT2D eigenvalue weighted by Gasteiger charge is -2.29. The van der Waals surface area contributed by atoms with Crippen molar-refractivity contribution >= 4 is 47.1 Å². The zero-order chi connectivity index (χ0) is 21.4. The summed E-state index contributed by atoms with van der Waals surface area (Å²) in [6.07, 6.45) is -2.25. The number of guanidine groups is 1. The number of anilines is 1. The molecule has 1 saturated heterocycles. The standard InChI is InChI=1S/C19H25F3N6OS.HI/c1-2-23-18(25-7-5-16-27-15(13-30-16)19(20,21)22)26-12-14-4-3-6-24-17(14)28-8-10-29-11-9-28;/h3-4,6,13H,2,5,7-12H2,1H3,(H2,23,25,26);1H. The van der Waals surface area contributed by atoms with Gasteiger partial charge in [0.2, 0.25) is 0 Å². The number of ether oxygens (including phenoxy) is 1. The molecule has 3 heterocycles. The van der Waals surface area contributed by atoms with E-state index in [9.17, 15) is 13.2 Å². The molecule has 0 bridgehead atoms. The number of morpholine rings is 1. The first-order valence-electron chi connectivity index (χ1n) is 9.77. The lowest BCUT2D eigenvalue weighted by molar-refractivity contribution is -0.140. The third-order valence-electron chi connectivity index (χ3n) is 4.40. The van der Waals surface area contributed by atoms with E-state index in [1.807, 2.05) is 19.1 Å². The number of rotatable bonds is 7. The number of halogens is 4. The Labute approximate surface area is 200 Å². The summed E-state index contributed by atoms with van der Waals surface area (Å²) in [7, 11) is 0. The summed E-state index contributed by atoms with van der Waals surface area (Å²) in [4.78, 5) is 15.0. The summed E-state index contributed by atoms with van der Waals surface area (Å²) in [5.41, 5.74) is 0.168. The first-order valence-corrected chi connectivity index (χ1v) is 10.7. The fraction of sp³-hybridized carbons (Fsp3) is 0.526. The molecule has 31 heavy (non-hydrogen) atoms. The fourth-order valence-electron chi connectivity index (χ4n) is 2.96. The molecule has 0 atom stereocenters. The van der Waals surface area contributed by atoms with E-state index < -0.39 is 11.9 Å². The molecule has 2 aromatic heterocycles. The van der Waals surface area contributed by atoms with E-state index >= 15 is 0 Å². The average Bonchev–Trinajstić information content (AvgIpc) is 3.22. The number of aliphatic imine (C=N–C) groups is 1. The third-order valence-corrected chi connectivity index (χ3v) is 5.31. The van der Waals surface area contributed by atoms with Crippen molar-refractivity contribution in [2.45, 2.75) is 26.1 Å². The highest BCUT2D eigenvalue weighted by atomic mass is 127. The van der Waals surface area contributed by atoms with Crippen molar-refractivity contribution in [1.82, 2.24) is 20.6 Å². The van der Waals surface area contributed by atoms with E-state index in [1.165, 1.54) is 0 Å². The van der Waals surface area contributed by atoms with Crippen LogP contribution in [-0.2, 0) is 23.9 Å². The minimum atomic E-state index is -4.40. The zero-order valence-corrected chi connectivity index (χ0v) is 20.3. The number of alkyl halides is 3. The van der Waals surface area contributed by atoms with Gasteiger partial charge in [0.1, 0.15) is 5.82 Å². The van der Waals surface area contributed by atoms with Gasteiger partial charge in [0, 0.05) is 49.7 Å². The van der Waals surface area contributed by atoms with Gasteiger partial charge in [0.25, 0.3) is 0 Å². The molecule has 1 fully saturated rings. The molecule has 2 aromatic rings. The highest BCUT2D eigenvalue weighted by Gasteiger charge is 2.33. The van der Waals surface area contributed by atoms with Gasteiger partial charge in [-0.1, -0.05) is 6.07 Å². The molecule has 1 aliphatic heterocycles. The van der Waals surface area contributed by atoms with Crippen molar-refractivity contribution in [3.8, 4) is 0 Å². The van der Waals surface area contributed by atoms with Crippen molar-refractivity contribution < 1.29 is 17.9 Å². The van der Waals surface area contributed by atoms with Gasteiger partial charge in [0.05, 0.1) is 24.8 Å². The molecule has 0 aromatic carbocycles. The number of nitrogens with one attached hydrogen (secondary N) is 2. The lowest BCUT2D eigenvalue weighted by Crippen LogP contribution is -2.38. The van der Waals surface area contributed by atoms with Crippen LogP contribution in [-0.4, -0.2) is 55.3 Å². The van der Waals surface area contributed by atoms with Crippen LogP contribution in [0.15, 0.2) is 28.7 Å². The predicted octanol–water partition coefficient (Wildman–Crippen LogP) is 3.31. The molecule has 0 spiro atoms. The average molecular weight is 570 g/mol. The molecule has 2 N–H and O–H groups in total. The van der Waals surface area contributed by atoms with E-state index in [-0.39, 0.29) is 24.0 Å². The van der Waals surface area contributed by atoms with Gasteiger partial charge >= 0.3 is 6.18 Å². The minimum Gasteiger partial charge on any atom is -0.378 e. The monoisotopic (exact) mass is 570 g/mol. The van der Waals surface area contributed by atoms with Crippen LogP contribution in [0, 0.1) is 0 Å². The number of nitrogens with zero attached hydrogens (tertiary/aromatic N) is 4. The Morgan fingerprint density at radius 2 is 2.06 bits per heavy atom. The molecule has 1 aliphatic rings. The molecule has 7 nitrogen and oxygen atoms in total. The van der Waals surface area contributed by atoms with Crippen LogP contribution in [0.1, 0.15) is 23.2 Å². The van der Waals surface area contributed by atoms with Crippen LogP contribution in [0.3, 0.4) is 0 Å². The topological polar surface area (TPSA) is 74.7 Å². The Morgan fingerprint density at radius 1 is 1.29 bits per heavy atom. The highest BCUT2D eigenvalue weighted by Crippen LogP contribution is 2.30. The summed E-state index contributed by atoms with van der Waals surface area (Å²) in [6, 6.07) is 3.88. The molecule has 3 rings (SSSR count). The lowest BCUT2D eigenvalue weighted by atomic mass is 10.2. The first-order chi connectivity index (χ1) is 14.5. The van der Waals surface area contributed by atoms with Gasteiger partial charge in [-0.2, -0.15) is 13.2 Å². The van der Waals surface area contributed by atoms with Crippen LogP contribution < -0.4 is 15.5 Å². The Kier molecular flexibility index (Phi) is 10.2. The van der Waals surface area contributed by atoms with Crippen molar-refractivity contribution in [3.05, 3.63) is 40.0 Å². The second-order valence-corrected chi connectivity index (χ2v) is 7.52. The Bertz CT molecular complexity index is 842. The van der Waals surface area contributed by atoms with E-state index in [2.05, 4.69) is 30.5 Å². The van der Waals surface area contributed by atoms with E-state index in [0.29, 0.717) is 50.2 Å². The van der Waals surface area contributed by atoms with Gasteiger partial charge in [-0.05, 0) is 13.0 Å². The van der Waals surface area contributed by atoms with Crippen molar-refractivity contribution in [3.63, 3.8) is 0 Å². The zero-order valence-electron chi connectivity index (χ0n) is 17.1. The van der Waals surface area contributed by atoms with E-state index in [0.717, 1.165) is 41.2 Å². The third kappa shape index (κ3) is 7.75. The van der Waals surface area contributed by atoms with E-state index in [4.69, 9.17) is 4.74 Å². The smallest absolute Gasteiger partial charge is 0.378 e. The number of aromatic nitrogens is 2. The van der Waals surface area contributed by atoms with Crippen LogP contribution >= 0.6 is 35.3 Å². The van der Waals surface area contributed by atoms with Crippen LogP contribution in [0.2, 0.25) is 0 Å². The van der Waals surface area contributed by atoms with Crippen molar-refractivity contribution in [2.75, 3.05) is 44.3 Å². The maximum absolute atomic E-state index is 12.7. The second-order valence-electron chi connectivity index (χ2n) is 6.58. The summed E-state index contributed by atoms with van der Waals surface area (Å²) in [6.45, 7) is 6.43. The van der Waals surface area contributed by atoms with Crippen molar-refractivity contribution in [2.24, 2.45) is 4.99 Å². The summed E-state index contributed by atoms with van der Waals surface area (Å²) >= 11 is 1.01. The molecular weight excluding hydrogens is 544 g/mol. The van der Waals surface area contributed by atoms with Gasteiger partial charge in [-0.3, -0.25) is 0 Å². The largest absolute Gasteiger partial charge is 0.434 e. The Morgan fingerprint density at radius 3 is 2.74 bits per heavy atom. The Hall–Kier alpha value is -1.67. The maximum Gasteiger partial charge on any atom is 0.434 e. The summed E-state index contributed by atoms with van der Waals surface area (Å²) in [5, 5.41) is 7.80. The minimum absolute atomic E-state index is 0. The molecule has 0 saturated carbocycles. The normalized spacial score (nSPS) is 14.8. The number of hydrogen-bond donors (Lipinski definition) is 2. The van der Waals surface area contributed by atoms with Crippen LogP contribution in [0.4, 0.5) is 19.0 Å². The van der Waals surface area contributed by atoms with Gasteiger partial charge in [-0.15, -0.1) is 35.3 Å². The fourth-order valence-corrected chi connectivity index (χ4v) is 3.77. The molecule has 172 valence electrons. The quantitative estimate of drug-likeness (QED) is 0.303. The molecule has 0 amide bonds. The molecule has 12 heteroatoms. The number of pyridine rings is 1. The van der Waals surface area contributed by atoms with Crippen molar-refractivity contribution in [1.29, 1.82) is 0 Å². The molecule has 0 aliphatic carbocycles.